The van der Waals surface area contributed by atoms with E-state index in [4.69, 9.17) is 5.73 Å². The largest absolute Gasteiger partial charge is 0.573 e. The SMILES string of the molecule is C=C(Nc1ccc(OC(F)(F)F)cc1)c1cccc(-c2cnc(N)cn2)c1. The molecular formula is C19H15F3N4O. The zero-order chi connectivity index (χ0) is 19.4. The van der Waals surface area contributed by atoms with Crippen LogP contribution in [0.4, 0.5) is 24.7 Å². The number of nitrogens with zero attached hydrogens (tertiary/aromatic N) is 2. The average molecular weight is 372 g/mol. The van der Waals surface area contributed by atoms with Crippen molar-refractivity contribution in [2.24, 2.45) is 0 Å². The Morgan fingerprint density at radius 3 is 2.41 bits per heavy atom. The number of hydrogen-bond donors (Lipinski definition) is 2. The second-order valence-electron chi connectivity index (χ2n) is 5.58. The molecule has 0 aliphatic heterocycles. The summed E-state index contributed by atoms with van der Waals surface area (Å²) in [5.74, 6) is 0.0431. The van der Waals surface area contributed by atoms with Crippen LogP contribution >= 0.6 is 0 Å². The first kappa shape index (κ1) is 18.2. The van der Waals surface area contributed by atoms with E-state index in [9.17, 15) is 13.2 Å². The van der Waals surface area contributed by atoms with E-state index in [1.54, 1.807) is 6.20 Å². The molecule has 0 bridgehead atoms. The van der Waals surface area contributed by atoms with Crippen molar-refractivity contribution < 1.29 is 17.9 Å². The molecule has 0 saturated carbocycles. The fraction of sp³-hybridized carbons (Fsp3) is 0.0526. The van der Waals surface area contributed by atoms with Crippen molar-refractivity contribution in [2.75, 3.05) is 11.1 Å². The normalized spacial score (nSPS) is 11.1. The van der Waals surface area contributed by atoms with Crippen molar-refractivity contribution in [2.45, 2.75) is 6.36 Å². The van der Waals surface area contributed by atoms with Gasteiger partial charge < -0.3 is 15.8 Å². The first-order valence-electron chi connectivity index (χ1n) is 7.80. The van der Waals surface area contributed by atoms with Crippen molar-refractivity contribution in [1.29, 1.82) is 0 Å². The smallest absolute Gasteiger partial charge is 0.406 e. The Morgan fingerprint density at radius 1 is 1.04 bits per heavy atom. The number of hydrogen-bond acceptors (Lipinski definition) is 5. The Morgan fingerprint density at radius 2 is 1.78 bits per heavy atom. The molecule has 3 rings (SSSR count). The Kier molecular flexibility index (Phi) is 4.98. The van der Waals surface area contributed by atoms with E-state index in [2.05, 4.69) is 26.6 Å². The van der Waals surface area contributed by atoms with Crippen LogP contribution in [0.2, 0.25) is 0 Å². The number of ether oxygens (including phenoxy) is 1. The van der Waals surface area contributed by atoms with Crippen LogP contribution in [0.5, 0.6) is 5.75 Å². The minimum Gasteiger partial charge on any atom is -0.406 e. The summed E-state index contributed by atoms with van der Waals surface area (Å²) in [5.41, 5.74) is 8.98. The Labute approximate surface area is 153 Å². The van der Waals surface area contributed by atoms with E-state index < -0.39 is 6.36 Å². The predicted octanol–water partition coefficient (Wildman–Crippen LogP) is 4.71. The van der Waals surface area contributed by atoms with Gasteiger partial charge in [-0.05, 0) is 35.9 Å². The molecule has 0 spiro atoms. The Bertz CT molecular complexity index is 938. The molecule has 0 atom stereocenters. The molecule has 3 N–H and O–H groups in total. The van der Waals surface area contributed by atoms with Crippen molar-refractivity contribution in [3.05, 3.63) is 73.1 Å². The first-order chi connectivity index (χ1) is 12.8. The lowest BCUT2D eigenvalue weighted by atomic mass is 10.1. The molecule has 0 radical (unpaired) electrons. The van der Waals surface area contributed by atoms with Crippen LogP contribution in [0, 0.1) is 0 Å². The van der Waals surface area contributed by atoms with E-state index >= 15 is 0 Å². The number of nitrogens with one attached hydrogen (secondary N) is 1. The predicted molar refractivity (Wildman–Crippen MR) is 97.7 cm³/mol. The highest BCUT2D eigenvalue weighted by Gasteiger charge is 2.30. The number of aromatic nitrogens is 2. The highest BCUT2D eigenvalue weighted by Crippen LogP contribution is 2.26. The number of nitrogens with two attached hydrogens (primary N) is 1. The molecule has 27 heavy (non-hydrogen) atoms. The van der Waals surface area contributed by atoms with Crippen LogP contribution in [-0.4, -0.2) is 16.3 Å². The molecule has 5 nitrogen and oxygen atoms in total. The number of rotatable bonds is 5. The molecule has 0 aliphatic rings. The fourth-order valence-electron chi connectivity index (χ4n) is 2.34. The third kappa shape index (κ3) is 4.97. The number of alkyl halides is 3. The second-order valence-corrected chi connectivity index (χ2v) is 5.58. The molecular weight excluding hydrogens is 357 g/mol. The Hall–Kier alpha value is -3.55. The minimum atomic E-state index is -4.72. The van der Waals surface area contributed by atoms with Crippen molar-refractivity contribution in [3.63, 3.8) is 0 Å². The Balaban J connectivity index is 1.73. The molecule has 8 heteroatoms. The van der Waals surface area contributed by atoms with Crippen LogP contribution in [0.25, 0.3) is 17.0 Å². The van der Waals surface area contributed by atoms with Gasteiger partial charge in [0.1, 0.15) is 11.6 Å². The summed E-state index contributed by atoms with van der Waals surface area (Å²) in [4.78, 5) is 8.25. The summed E-state index contributed by atoms with van der Waals surface area (Å²) < 4.78 is 40.5. The zero-order valence-corrected chi connectivity index (χ0v) is 14.0. The highest BCUT2D eigenvalue weighted by molar-refractivity contribution is 5.77. The molecule has 2 aromatic carbocycles. The van der Waals surface area contributed by atoms with Gasteiger partial charge in [-0.3, -0.25) is 4.98 Å². The molecule has 138 valence electrons. The van der Waals surface area contributed by atoms with E-state index in [0.717, 1.165) is 11.1 Å². The van der Waals surface area contributed by atoms with Crippen molar-refractivity contribution >= 4 is 17.2 Å². The second kappa shape index (κ2) is 7.36. The molecule has 0 saturated heterocycles. The van der Waals surface area contributed by atoms with E-state index in [1.165, 1.54) is 30.5 Å². The summed E-state index contributed by atoms with van der Waals surface area (Å²) in [6.45, 7) is 3.97. The molecule has 3 aromatic rings. The lowest BCUT2D eigenvalue weighted by Crippen LogP contribution is -2.17. The maximum absolute atomic E-state index is 12.2. The van der Waals surface area contributed by atoms with E-state index in [0.29, 0.717) is 22.9 Å². The molecule has 0 unspecified atom stereocenters. The van der Waals surface area contributed by atoms with Gasteiger partial charge in [-0.15, -0.1) is 13.2 Å². The maximum atomic E-state index is 12.2. The van der Waals surface area contributed by atoms with Gasteiger partial charge in [-0.2, -0.15) is 0 Å². The van der Waals surface area contributed by atoms with Gasteiger partial charge in [0.2, 0.25) is 0 Å². The topological polar surface area (TPSA) is 73.1 Å². The molecule has 0 amide bonds. The standard InChI is InChI=1S/C19H15F3N4O/c1-12(26-15-5-7-16(8-6-15)27-19(20,21)22)13-3-2-4-14(9-13)17-10-25-18(23)11-24-17/h2-11,26H,1H2,(H2,23,25). The number of benzene rings is 2. The number of nitrogen functional groups attached to an aromatic ring is 1. The summed E-state index contributed by atoms with van der Waals surface area (Å²) in [6.07, 6.45) is -1.67. The number of anilines is 2. The molecule has 1 aromatic heterocycles. The third-order valence-corrected chi connectivity index (χ3v) is 3.56. The monoisotopic (exact) mass is 372 g/mol. The van der Waals surface area contributed by atoms with Gasteiger partial charge >= 0.3 is 6.36 Å². The van der Waals surface area contributed by atoms with Crippen LogP contribution in [0.3, 0.4) is 0 Å². The summed E-state index contributed by atoms with van der Waals surface area (Å²) >= 11 is 0. The van der Waals surface area contributed by atoms with E-state index in [-0.39, 0.29) is 5.75 Å². The zero-order valence-electron chi connectivity index (χ0n) is 14.0. The van der Waals surface area contributed by atoms with Crippen LogP contribution < -0.4 is 15.8 Å². The quantitative estimate of drug-likeness (QED) is 0.679. The van der Waals surface area contributed by atoms with Gasteiger partial charge in [0.05, 0.1) is 18.1 Å². The molecule has 1 heterocycles. The van der Waals surface area contributed by atoms with Gasteiger partial charge in [0.15, 0.2) is 0 Å². The van der Waals surface area contributed by atoms with Gasteiger partial charge in [0, 0.05) is 16.9 Å². The lowest BCUT2D eigenvalue weighted by Gasteiger charge is -2.13. The molecule has 0 aliphatic carbocycles. The van der Waals surface area contributed by atoms with Crippen molar-refractivity contribution in [3.8, 4) is 17.0 Å². The van der Waals surface area contributed by atoms with E-state index in [1.807, 2.05) is 24.3 Å². The summed E-state index contributed by atoms with van der Waals surface area (Å²) in [7, 11) is 0. The summed E-state index contributed by atoms with van der Waals surface area (Å²) in [6, 6.07) is 12.8. The molecule has 0 fully saturated rings. The van der Waals surface area contributed by atoms with Crippen LogP contribution in [-0.2, 0) is 0 Å². The van der Waals surface area contributed by atoms with Gasteiger partial charge in [-0.1, -0.05) is 24.8 Å². The lowest BCUT2D eigenvalue weighted by molar-refractivity contribution is -0.274. The average Bonchev–Trinajstić information content (AvgIpc) is 2.63. The first-order valence-corrected chi connectivity index (χ1v) is 7.80. The minimum absolute atomic E-state index is 0.289. The van der Waals surface area contributed by atoms with Gasteiger partial charge in [0.25, 0.3) is 0 Å². The van der Waals surface area contributed by atoms with Crippen LogP contribution in [0.15, 0.2) is 67.5 Å². The van der Waals surface area contributed by atoms with Gasteiger partial charge in [-0.25, -0.2) is 4.98 Å². The maximum Gasteiger partial charge on any atom is 0.573 e. The number of halogens is 3. The fourth-order valence-corrected chi connectivity index (χ4v) is 2.34. The highest BCUT2D eigenvalue weighted by atomic mass is 19.4. The van der Waals surface area contributed by atoms with Crippen LogP contribution in [0.1, 0.15) is 5.56 Å². The van der Waals surface area contributed by atoms with Crippen molar-refractivity contribution in [1.82, 2.24) is 9.97 Å². The third-order valence-electron chi connectivity index (χ3n) is 3.56. The summed E-state index contributed by atoms with van der Waals surface area (Å²) in [5, 5.41) is 3.05.